The second-order valence-corrected chi connectivity index (χ2v) is 4.54. The molecule has 3 rings (SSSR count). The first kappa shape index (κ1) is 9.15. The van der Waals surface area contributed by atoms with E-state index in [-0.39, 0.29) is 36.1 Å². The number of amides is 2. The van der Waals surface area contributed by atoms with Crippen LogP contribution in [0.2, 0.25) is 0 Å². The topological polar surface area (TPSA) is 61.9 Å². The first-order valence-corrected chi connectivity index (χ1v) is 5.43. The molecule has 5 heteroatoms. The van der Waals surface area contributed by atoms with Crippen molar-refractivity contribution in [2.45, 2.75) is 44.1 Å². The Balaban J connectivity index is 1.75. The quantitative estimate of drug-likeness (QED) is 0.580. The highest BCUT2D eigenvalue weighted by Crippen LogP contribution is 2.29. The van der Waals surface area contributed by atoms with Crippen molar-refractivity contribution in [3.63, 3.8) is 0 Å². The standard InChI is InChI=1S/C10H14N2O3/c1-5-8(15-5)10(14)12-3-2-6-4-7(12)9(13)11-6/h5-8H,2-4H2,1H3,(H,11,13)/t5-,6?,7?,8+/m0/s1. The van der Waals surface area contributed by atoms with Crippen molar-refractivity contribution >= 4 is 11.8 Å². The van der Waals surface area contributed by atoms with Gasteiger partial charge >= 0.3 is 0 Å². The lowest BCUT2D eigenvalue weighted by Crippen LogP contribution is -2.48. The van der Waals surface area contributed by atoms with Gasteiger partial charge in [-0.25, -0.2) is 0 Å². The van der Waals surface area contributed by atoms with Crippen molar-refractivity contribution in [2.24, 2.45) is 0 Å². The average Bonchev–Trinajstić information content (AvgIpc) is 2.87. The van der Waals surface area contributed by atoms with Crippen molar-refractivity contribution in [3.8, 4) is 0 Å². The fourth-order valence-corrected chi connectivity index (χ4v) is 2.51. The number of epoxide rings is 1. The van der Waals surface area contributed by atoms with Gasteiger partial charge in [-0.3, -0.25) is 9.59 Å². The highest BCUT2D eigenvalue weighted by atomic mass is 16.6. The summed E-state index contributed by atoms with van der Waals surface area (Å²) in [6, 6.07) is 0.0387. The molecule has 82 valence electrons. The fraction of sp³-hybridized carbons (Fsp3) is 0.800. The zero-order valence-electron chi connectivity index (χ0n) is 8.60. The lowest BCUT2D eigenvalue weighted by Gasteiger charge is -2.30. The molecule has 4 atom stereocenters. The molecule has 0 aliphatic carbocycles. The van der Waals surface area contributed by atoms with Crippen molar-refractivity contribution in [1.82, 2.24) is 10.2 Å². The third-order valence-corrected chi connectivity index (χ3v) is 3.49. The van der Waals surface area contributed by atoms with Crippen LogP contribution in [0.15, 0.2) is 0 Å². The molecule has 3 aliphatic heterocycles. The van der Waals surface area contributed by atoms with Crippen LogP contribution in [0.1, 0.15) is 19.8 Å². The van der Waals surface area contributed by atoms with Crippen LogP contribution in [0.25, 0.3) is 0 Å². The predicted molar refractivity (Wildman–Crippen MR) is 51.0 cm³/mol. The largest absolute Gasteiger partial charge is 0.359 e. The van der Waals surface area contributed by atoms with Crippen LogP contribution in [0, 0.1) is 0 Å². The number of carbonyl (C=O) groups is 2. The molecule has 0 aromatic rings. The Labute approximate surface area is 87.8 Å². The van der Waals surface area contributed by atoms with Gasteiger partial charge in [0.1, 0.15) is 6.04 Å². The van der Waals surface area contributed by atoms with E-state index in [0.29, 0.717) is 6.54 Å². The maximum atomic E-state index is 11.9. The van der Waals surface area contributed by atoms with E-state index in [1.165, 1.54) is 0 Å². The molecule has 0 spiro atoms. The van der Waals surface area contributed by atoms with Crippen molar-refractivity contribution in [1.29, 1.82) is 0 Å². The summed E-state index contributed by atoms with van der Waals surface area (Å²) in [5.41, 5.74) is 0. The molecular formula is C10H14N2O3. The number of fused-ring (bicyclic) bond motifs is 2. The minimum atomic E-state index is -0.296. The first-order chi connectivity index (χ1) is 7.16. The summed E-state index contributed by atoms with van der Waals surface area (Å²) in [5.74, 6) is -0.0119. The summed E-state index contributed by atoms with van der Waals surface area (Å²) in [4.78, 5) is 25.2. The normalized spacial score (nSPS) is 42.7. The molecular weight excluding hydrogens is 196 g/mol. The van der Waals surface area contributed by atoms with Gasteiger partial charge in [0, 0.05) is 12.6 Å². The van der Waals surface area contributed by atoms with E-state index in [4.69, 9.17) is 4.74 Å². The molecule has 1 N–H and O–H groups in total. The smallest absolute Gasteiger partial charge is 0.255 e. The summed E-state index contributed by atoms with van der Waals surface area (Å²) >= 11 is 0. The van der Waals surface area contributed by atoms with Gasteiger partial charge < -0.3 is 15.0 Å². The van der Waals surface area contributed by atoms with Crippen LogP contribution in [-0.2, 0) is 14.3 Å². The molecule has 3 saturated heterocycles. The highest BCUT2D eigenvalue weighted by Gasteiger charge is 2.49. The van der Waals surface area contributed by atoms with Gasteiger partial charge in [0.05, 0.1) is 6.10 Å². The van der Waals surface area contributed by atoms with Crippen LogP contribution in [0.3, 0.4) is 0 Å². The first-order valence-electron chi connectivity index (χ1n) is 5.43. The molecule has 0 aromatic carbocycles. The number of piperidine rings is 1. The molecule has 0 aromatic heterocycles. The molecule has 2 amide bonds. The maximum Gasteiger partial charge on any atom is 0.255 e. The molecule has 3 fully saturated rings. The number of hydrogen-bond donors (Lipinski definition) is 1. The van der Waals surface area contributed by atoms with Crippen LogP contribution >= 0.6 is 0 Å². The third kappa shape index (κ3) is 1.33. The molecule has 5 nitrogen and oxygen atoms in total. The third-order valence-electron chi connectivity index (χ3n) is 3.49. The molecule has 2 unspecified atom stereocenters. The lowest BCUT2D eigenvalue weighted by molar-refractivity contribution is -0.140. The second kappa shape index (κ2) is 2.95. The second-order valence-electron chi connectivity index (χ2n) is 4.54. The van der Waals surface area contributed by atoms with E-state index in [2.05, 4.69) is 5.32 Å². The van der Waals surface area contributed by atoms with Crippen LogP contribution in [0.5, 0.6) is 0 Å². The average molecular weight is 210 g/mol. The van der Waals surface area contributed by atoms with Gasteiger partial charge in [0.25, 0.3) is 5.91 Å². The Morgan fingerprint density at radius 1 is 1.60 bits per heavy atom. The monoisotopic (exact) mass is 210 g/mol. The van der Waals surface area contributed by atoms with Crippen molar-refractivity contribution in [3.05, 3.63) is 0 Å². The zero-order chi connectivity index (χ0) is 10.6. The summed E-state index contributed by atoms with van der Waals surface area (Å²) in [5, 5.41) is 2.90. The van der Waals surface area contributed by atoms with E-state index in [9.17, 15) is 9.59 Å². The van der Waals surface area contributed by atoms with E-state index < -0.39 is 0 Å². The molecule has 3 aliphatic rings. The SMILES string of the molecule is C[C@@H]1O[C@H]1C(=O)N1CCC2CC1C(=O)N2. The molecule has 15 heavy (non-hydrogen) atoms. The number of nitrogens with one attached hydrogen (secondary N) is 1. The van der Waals surface area contributed by atoms with E-state index in [1.54, 1.807) is 4.90 Å². The highest BCUT2D eigenvalue weighted by molar-refractivity contribution is 5.92. The minimum absolute atomic E-state index is 0.000784. The number of ether oxygens (including phenoxy) is 1. The maximum absolute atomic E-state index is 11.9. The molecule has 2 bridgehead atoms. The zero-order valence-corrected chi connectivity index (χ0v) is 8.60. The fourth-order valence-electron chi connectivity index (χ4n) is 2.51. The van der Waals surface area contributed by atoms with Crippen molar-refractivity contribution in [2.75, 3.05) is 6.54 Å². The Bertz CT molecular complexity index is 331. The summed E-state index contributed by atoms with van der Waals surface area (Å²) in [6.07, 6.45) is 1.37. The number of rotatable bonds is 1. The van der Waals surface area contributed by atoms with Gasteiger partial charge in [0.15, 0.2) is 6.10 Å². The van der Waals surface area contributed by atoms with Gasteiger partial charge in [-0.15, -0.1) is 0 Å². The Kier molecular flexibility index (Phi) is 1.80. The lowest BCUT2D eigenvalue weighted by atomic mass is 10.0. The summed E-state index contributed by atoms with van der Waals surface area (Å²) < 4.78 is 5.15. The summed E-state index contributed by atoms with van der Waals surface area (Å²) in [7, 11) is 0. The van der Waals surface area contributed by atoms with Crippen molar-refractivity contribution < 1.29 is 14.3 Å². The Morgan fingerprint density at radius 2 is 2.33 bits per heavy atom. The minimum Gasteiger partial charge on any atom is -0.359 e. The number of nitrogens with zero attached hydrogens (tertiary/aromatic N) is 1. The number of likely N-dealkylation sites (tertiary alicyclic amines) is 1. The molecule has 0 radical (unpaired) electrons. The number of hydrogen-bond acceptors (Lipinski definition) is 3. The Morgan fingerprint density at radius 3 is 3.00 bits per heavy atom. The van der Waals surface area contributed by atoms with Gasteiger partial charge in [0.2, 0.25) is 5.91 Å². The molecule has 3 heterocycles. The summed E-state index contributed by atoms with van der Waals surface area (Å²) in [6.45, 7) is 2.56. The van der Waals surface area contributed by atoms with Gasteiger partial charge in [-0.05, 0) is 19.8 Å². The number of carbonyl (C=O) groups excluding carboxylic acids is 2. The van der Waals surface area contributed by atoms with Crippen LogP contribution in [0.4, 0.5) is 0 Å². The molecule has 0 saturated carbocycles. The van der Waals surface area contributed by atoms with Crippen LogP contribution in [-0.4, -0.2) is 47.6 Å². The van der Waals surface area contributed by atoms with Gasteiger partial charge in [-0.1, -0.05) is 0 Å². The predicted octanol–water partition coefficient (Wildman–Crippen LogP) is -0.737. The van der Waals surface area contributed by atoms with Crippen LogP contribution < -0.4 is 5.32 Å². The van der Waals surface area contributed by atoms with E-state index >= 15 is 0 Å². The van der Waals surface area contributed by atoms with E-state index in [1.807, 2.05) is 6.92 Å². The Hall–Kier alpha value is -1.10. The van der Waals surface area contributed by atoms with E-state index in [0.717, 1.165) is 12.8 Å². The van der Waals surface area contributed by atoms with Gasteiger partial charge in [-0.2, -0.15) is 0 Å².